The van der Waals surface area contributed by atoms with Gasteiger partial charge in [-0.25, -0.2) is 0 Å². The summed E-state index contributed by atoms with van der Waals surface area (Å²) in [7, 11) is 0. The Kier molecular flexibility index (Phi) is 12.1. The lowest BCUT2D eigenvalue weighted by atomic mass is 9.79. The van der Waals surface area contributed by atoms with Crippen LogP contribution >= 0.6 is 0 Å². The zero-order valence-corrected chi connectivity index (χ0v) is 23.9. The van der Waals surface area contributed by atoms with Gasteiger partial charge in [0, 0.05) is 38.8 Å². The van der Waals surface area contributed by atoms with E-state index >= 15 is 0 Å². The Hall–Kier alpha value is -1.56. The topological polar surface area (TPSA) is 70.3 Å². The highest BCUT2D eigenvalue weighted by Gasteiger charge is 2.22. The second kappa shape index (κ2) is 15.8. The van der Waals surface area contributed by atoms with Gasteiger partial charge in [0.25, 0.3) is 0 Å². The number of nitrogens with two attached hydrogens (primary N) is 1. The van der Waals surface area contributed by atoms with Crippen LogP contribution in [0.15, 0.2) is 6.07 Å². The molecule has 0 bridgehead atoms. The maximum Gasteiger partial charge on any atom is 0.226 e. The van der Waals surface area contributed by atoms with E-state index in [1.807, 2.05) is 6.07 Å². The molecule has 0 unspecified atom stereocenters. The zero-order chi connectivity index (χ0) is 25.7. The van der Waals surface area contributed by atoms with E-state index in [2.05, 4.69) is 27.0 Å². The van der Waals surface area contributed by atoms with Gasteiger partial charge in [-0.05, 0) is 43.6 Å². The average Bonchev–Trinajstić information content (AvgIpc) is 2.94. The average molecular weight is 513 g/mol. The van der Waals surface area contributed by atoms with E-state index in [1.54, 1.807) is 0 Å². The summed E-state index contributed by atoms with van der Waals surface area (Å²) in [6, 6.07) is 1.94. The summed E-state index contributed by atoms with van der Waals surface area (Å²) < 4.78 is 0. The fraction of sp³-hybridized carbons (Fsp3) is 0.871. The number of piperazine rings is 1. The molecular weight excluding hydrogens is 456 g/mol. The second-order valence-electron chi connectivity index (χ2n) is 12.4. The van der Waals surface area contributed by atoms with Crippen molar-refractivity contribution in [2.45, 2.75) is 116 Å². The van der Waals surface area contributed by atoms with Crippen LogP contribution in [0.4, 0.5) is 17.6 Å². The molecule has 0 radical (unpaired) electrons. The molecule has 1 aromatic heterocycles. The maximum atomic E-state index is 6.17. The molecule has 6 heteroatoms. The Labute approximate surface area is 227 Å². The van der Waals surface area contributed by atoms with Crippen LogP contribution in [-0.4, -0.2) is 54.1 Å². The van der Waals surface area contributed by atoms with Crippen molar-refractivity contribution in [1.29, 1.82) is 0 Å². The molecular formula is C31H56N6. The number of unbranched alkanes of at least 4 members (excludes halogenated alkanes) is 4. The molecule has 1 aromatic rings. The van der Waals surface area contributed by atoms with Gasteiger partial charge < -0.3 is 16.0 Å². The lowest BCUT2D eigenvalue weighted by Crippen LogP contribution is -2.47. The van der Waals surface area contributed by atoms with Gasteiger partial charge >= 0.3 is 0 Å². The van der Waals surface area contributed by atoms with Crippen LogP contribution in [0.1, 0.15) is 116 Å². The van der Waals surface area contributed by atoms with Crippen molar-refractivity contribution in [2.75, 3.05) is 55.2 Å². The van der Waals surface area contributed by atoms with E-state index in [9.17, 15) is 0 Å². The van der Waals surface area contributed by atoms with Crippen molar-refractivity contribution in [3.05, 3.63) is 6.07 Å². The number of nitrogens with one attached hydrogen (secondary N) is 1. The van der Waals surface area contributed by atoms with Crippen LogP contribution in [-0.2, 0) is 0 Å². The third kappa shape index (κ3) is 9.92. The molecule has 0 atom stereocenters. The molecule has 6 nitrogen and oxygen atoms in total. The van der Waals surface area contributed by atoms with Crippen molar-refractivity contribution in [3.8, 4) is 0 Å². The standard InChI is InChI=1S/C31H56N6/c1-2-3-19-36-20-22-37(23-21-36)30-24-29(32)34-31(35-30)33-25-28-17-15-27(16-18-28)14-8-5-4-7-11-26-12-9-6-10-13-26/h24,26-28H,2-23,25H2,1H3,(H3,32,33,34,35). The largest absolute Gasteiger partial charge is 0.383 e. The second-order valence-corrected chi connectivity index (χ2v) is 12.4. The molecule has 1 saturated heterocycles. The van der Waals surface area contributed by atoms with Gasteiger partial charge in [0.1, 0.15) is 11.6 Å². The molecule has 210 valence electrons. The quantitative estimate of drug-likeness (QED) is 0.259. The first kappa shape index (κ1) is 28.4. The maximum absolute atomic E-state index is 6.17. The Bertz CT molecular complexity index is 748. The van der Waals surface area contributed by atoms with E-state index in [4.69, 9.17) is 10.7 Å². The van der Waals surface area contributed by atoms with E-state index < -0.39 is 0 Å². The minimum absolute atomic E-state index is 0.573. The summed E-state index contributed by atoms with van der Waals surface area (Å²) in [4.78, 5) is 14.3. The molecule has 37 heavy (non-hydrogen) atoms. The van der Waals surface area contributed by atoms with Gasteiger partial charge in [0.2, 0.25) is 5.95 Å². The molecule has 1 aliphatic heterocycles. The first-order valence-corrected chi connectivity index (χ1v) is 16.1. The highest BCUT2D eigenvalue weighted by molar-refractivity contribution is 5.51. The number of nitrogens with zero attached hydrogens (tertiary/aromatic N) is 4. The lowest BCUT2D eigenvalue weighted by molar-refractivity contribution is 0.253. The lowest BCUT2D eigenvalue weighted by Gasteiger charge is -2.35. The van der Waals surface area contributed by atoms with Gasteiger partial charge in [0.15, 0.2) is 0 Å². The minimum Gasteiger partial charge on any atom is -0.383 e. The minimum atomic E-state index is 0.573. The van der Waals surface area contributed by atoms with Gasteiger partial charge in [0.05, 0.1) is 0 Å². The van der Waals surface area contributed by atoms with Gasteiger partial charge in [-0.15, -0.1) is 0 Å². The number of rotatable bonds is 14. The van der Waals surface area contributed by atoms with Crippen LogP contribution in [0.25, 0.3) is 0 Å². The van der Waals surface area contributed by atoms with Crippen LogP contribution < -0.4 is 16.0 Å². The molecule has 4 rings (SSSR count). The Morgan fingerprint density at radius 1 is 0.784 bits per heavy atom. The molecule has 0 amide bonds. The third-order valence-electron chi connectivity index (χ3n) is 9.47. The molecule has 3 fully saturated rings. The third-order valence-corrected chi connectivity index (χ3v) is 9.47. The van der Waals surface area contributed by atoms with E-state index in [1.165, 1.54) is 116 Å². The number of nitrogen functional groups attached to an aromatic ring is 1. The van der Waals surface area contributed by atoms with Gasteiger partial charge in [-0.3, -0.25) is 4.90 Å². The SMILES string of the molecule is CCCCN1CCN(c2cc(N)nc(NCC3CCC(CCCCCCC4CCCCC4)CC3)n2)CC1. The van der Waals surface area contributed by atoms with Gasteiger partial charge in [-0.2, -0.15) is 9.97 Å². The van der Waals surface area contributed by atoms with E-state index in [-0.39, 0.29) is 0 Å². The summed E-state index contributed by atoms with van der Waals surface area (Å²) in [6.07, 6.45) is 24.4. The van der Waals surface area contributed by atoms with Crippen molar-refractivity contribution in [1.82, 2.24) is 14.9 Å². The first-order chi connectivity index (χ1) is 18.2. The van der Waals surface area contributed by atoms with Crippen molar-refractivity contribution in [2.24, 2.45) is 17.8 Å². The first-order valence-electron chi connectivity index (χ1n) is 16.1. The monoisotopic (exact) mass is 512 g/mol. The normalized spacial score (nSPS) is 23.9. The molecule has 2 saturated carbocycles. The van der Waals surface area contributed by atoms with Gasteiger partial charge in [-0.1, -0.05) is 96.8 Å². The molecule has 2 aliphatic carbocycles. The molecule has 2 heterocycles. The zero-order valence-electron chi connectivity index (χ0n) is 23.9. The fourth-order valence-corrected chi connectivity index (χ4v) is 6.93. The predicted molar refractivity (Wildman–Crippen MR) is 158 cm³/mol. The number of hydrogen-bond donors (Lipinski definition) is 2. The Morgan fingerprint density at radius 2 is 1.43 bits per heavy atom. The van der Waals surface area contributed by atoms with Crippen LogP contribution in [0.2, 0.25) is 0 Å². The summed E-state index contributed by atoms with van der Waals surface area (Å²) in [5, 5.41) is 3.54. The molecule has 0 spiro atoms. The molecule has 3 N–H and O–H groups in total. The van der Waals surface area contributed by atoms with E-state index in [0.29, 0.717) is 11.8 Å². The summed E-state index contributed by atoms with van der Waals surface area (Å²) in [5.41, 5.74) is 6.17. The smallest absolute Gasteiger partial charge is 0.226 e. The van der Waals surface area contributed by atoms with Crippen LogP contribution in [0.3, 0.4) is 0 Å². The van der Waals surface area contributed by atoms with Crippen molar-refractivity contribution < 1.29 is 0 Å². The van der Waals surface area contributed by atoms with Crippen LogP contribution in [0, 0.1) is 17.8 Å². The van der Waals surface area contributed by atoms with Crippen molar-refractivity contribution in [3.63, 3.8) is 0 Å². The van der Waals surface area contributed by atoms with Crippen LogP contribution in [0.5, 0.6) is 0 Å². The highest BCUT2D eigenvalue weighted by Crippen LogP contribution is 2.33. The Balaban J connectivity index is 1.08. The summed E-state index contributed by atoms with van der Waals surface area (Å²) >= 11 is 0. The molecule has 3 aliphatic rings. The molecule has 0 aromatic carbocycles. The van der Waals surface area contributed by atoms with E-state index in [0.717, 1.165) is 56.3 Å². The Morgan fingerprint density at radius 3 is 2.11 bits per heavy atom. The summed E-state index contributed by atoms with van der Waals surface area (Å²) in [6.45, 7) is 8.70. The fourth-order valence-electron chi connectivity index (χ4n) is 6.93. The van der Waals surface area contributed by atoms with Crippen molar-refractivity contribution >= 4 is 17.6 Å². The predicted octanol–water partition coefficient (Wildman–Crippen LogP) is 7.12. The highest BCUT2D eigenvalue weighted by atomic mass is 15.3. The summed E-state index contributed by atoms with van der Waals surface area (Å²) in [5.74, 6) is 5.02. The number of anilines is 3. The number of aromatic nitrogens is 2. The number of hydrogen-bond acceptors (Lipinski definition) is 6.